The van der Waals surface area contributed by atoms with Gasteiger partial charge in [-0.3, -0.25) is 0 Å². The first-order valence-corrected chi connectivity index (χ1v) is 7.16. The average Bonchev–Trinajstić information content (AvgIpc) is 2.94. The summed E-state index contributed by atoms with van der Waals surface area (Å²) in [6.45, 7) is 0.699. The van der Waals surface area contributed by atoms with Crippen molar-refractivity contribution in [3.05, 3.63) is 41.7 Å². The van der Waals surface area contributed by atoms with E-state index < -0.39 is 0 Å². The topological polar surface area (TPSA) is 53.9 Å². The summed E-state index contributed by atoms with van der Waals surface area (Å²) in [5, 5.41) is 5.37. The normalized spacial score (nSPS) is 10.7. The molecule has 0 spiro atoms. The van der Waals surface area contributed by atoms with Crippen molar-refractivity contribution >= 4 is 33.2 Å². The lowest BCUT2D eigenvalue weighted by Gasteiger charge is -2.11. The summed E-state index contributed by atoms with van der Waals surface area (Å²) in [7, 11) is 3.96. The van der Waals surface area contributed by atoms with Gasteiger partial charge in [0.25, 0.3) is 0 Å². The number of nitrogens with zero attached hydrogens (tertiary/aromatic N) is 4. The summed E-state index contributed by atoms with van der Waals surface area (Å²) >= 11 is 1.65. The Kier molecular flexibility index (Phi) is 3.47. The van der Waals surface area contributed by atoms with Gasteiger partial charge in [0.15, 0.2) is 0 Å². The predicted molar refractivity (Wildman–Crippen MR) is 83.3 cm³/mol. The van der Waals surface area contributed by atoms with E-state index in [0.717, 1.165) is 27.4 Å². The number of rotatable bonds is 4. The van der Waals surface area contributed by atoms with Crippen LogP contribution in [0, 0.1) is 0 Å². The molecule has 0 fully saturated rings. The Balaban J connectivity index is 1.74. The van der Waals surface area contributed by atoms with Crippen LogP contribution in [-0.4, -0.2) is 29.0 Å². The minimum absolute atomic E-state index is 0.699. The molecule has 0 atom stereocenters. The molecule has 0 unspecified atom stereocenters. The van der Waals surface area contributed by atoms with Gasteiger partial charge >= 0.3 is 0 Å². The van der Waals surface area contributed by atoms with E-state index in [1.54, 1.807) is 17.7 Å². The molecule has 3 heterocycles. The van der Waals surface area contributed by atoms with Crippen molar-refractivity contribution in [2.75, 3.05) is 24.3 Å². The second-order valence-corrected chi connectivity index (χ2v) is 5.55. The molecule has 3 aromatic rings. The monoisotopic (exact) mass is 285 g/mol. The fourth-order valence-corrected chi connectivity index (χ4v) is 2.70. The number of fused-ring (bicyclic) bond motifs is 1. The molecule has 0 bridgehead atoms. The molecule has 0 aliphatic carbocycles. The zero-order valence-corrected chi connectivity index (χ0v) is 12.2. The molecule has 0 radical (unpaired) electrons. The summed E-state index contributed by atoms with van der Waals surface area (Å²) < 4.78 is 1.09. The Bertz CT molecular complexity index is 705. The summed E-state index contributed by atoms with van der Waals surface area (Å²) in [4.78, 5) is 14.9. The van der Waals surface area contributed by atoms with E-state index in [1.165, 1.54) is 0 Å². The highest BCUT2D eigenvalue weighted by molar-refractivity contribution is 7.17. The highest BCUT2D eigenvalue weighted by Crippen LogP contribution is 2.25. The lowest BCUT2D eigenvalue weighted by atomic mass is 10.3. The van der Waals surface area contributed by atoms with Gasteiger partial charge in [-0.05, 0) is 23.1 Å². The third kappa shape index (κ3) is 2.55. The van der Waals surface area contributed by atoms with Crippen molar-refractivity contribution in [3.8, 4) is 0 Å². The van der Waals surface area contributed by atoms with Crippen LogP contribution in [0.2, 0.25) is 0 Å². The zero-order valence-electron chi connectivity index (χ0n) is 11.4. The van der Waals surface area contributed by atoms with Crippen molar-refractivity contribution in [1.29, 1.82) is 0 Å². The Hall–Kier alpha value is -2.21. The SMILES string of the molecule is CN(C)c1ccc(CNc2ncnc3ccsc23)cn1. The Labute approximate surface area is 121 Å². The first-order valence-electron chi connectivity index (χ1n) is 6.28. The van der Waals surface area contributed by atoms with Gasteiger partial charge < -0.3 is 10.2 Å². The van der Waals surface area contributed by atoms with E-state index >= 15 is 0 Å². The predicted octanol–water partition coefficient (Wildman–Crippen LogP) is 2.76. The fraction of sp³-hybridized carbons (Fsp3) is 0.214. The molecule has 0 aliphatic heterocycles. The quantitative estimate of drug-likeness (QED) is 0.799. The lowest BCUT2D eigenvalue weighted by Crippen LogP contribution is -2.10. The highest BCUT2D eigenvalue weighted by Gasteiger charge is 2.04. The van der Waals surface area contributed by atoms with Crippen LogP contribution in [0.4, 0.5) is 11.6 Å². The second-order valence-electron chi connectivity index (χ2n) is 4.63. The van der Waals surface area contributed by atoms with Crippen LogP contribution in [0.5, 0.6) is 0 Å². The van der Waals surface area contributed by atoms with E-state index in [1.807, 2.05) is 42.7 Å². The van der Waals surface area contributed by atoms with E-state index in [9.17, 15) is 0 Å². The van der Waals surface area contributed by atoms with Crippen LogP contribution in [0.25, 0.3) is 10.2 Å². The van der Waals surface area contributed by atoms with Crippen molar-refractivity contribution < 1.29 is 0 Å². The van der Waals surface area contributed by atoms with E-state index in [4.69, 9.17) is 0 Å². The molecular formula is C14H15N5S. The standard InChI is InChI=1S/C14H15N5S/c1-19(2)12-4-3-10(7-15-12)8-16-14-13-11(5-6-20-13)17-9-18-14/h3-7,9H,8H2,1-2H3,(H,16,17,18). The van der Waals surface area contributed by atoms with Gasteiger partial charge in [-0.2, -0.15) is 0 Å². The van der Waals surface area contributed by atoms with Gasteiger partial charge in [0.2, 0.25) is 0 Å². The zero-order chi connectivity index (χ0) is 13.9. The van der Waals surface area contributed by atoms with E-state index in [2.05, 4.69) is 26.3 Å². The molecule has 102 valence electrons. The van der Waals surface area contributed by atoms with Crippen molar-refractivity contribution in [3.63, 3.8) is 0 Å². The summed E-state index contributed by atoms with van der Waals surface area (Å²) in [6.07, 6.45) is 3.47. The molecule has 0 amide bonds. The molecule has 3 rings (SSSR count). The van der Waals surface area contributed by atoms with Crippen LogP contribution >= 0.6 is 11.3 Å². The number of anilines is 2. The molecule has 1 N–H and O–H groups in total. The average molecular weight is 285 g/mol. The van der Waals surface area contributed by atoms with Crippen molar-refractivity contribution in [2.45, 2.75) is 6.54 Å². The number of thiophene rings is 1. The number of pyridine rings is 1. The van der Waals surface area contributed by atoms with Crippen LogP contribution in [0.3, 0.4) is 0 Å². The van der Waals surface area contributed by atoms with Gasteiger partial charge in [0.05, 0.1) is 10.2 Å². The van der Waals surface area contributed by atoms with Gasteiger partial charge in [0.1, 0.15) is 18.0 Å². The molecular weight excluding hydrogens is 270 g/mol. The third-order valence-corrected chi connectivity index (χ3v) is 3.88. The van der Waals surface area contributed by atoms with Crippen LogP contribution < -0.4 is 10.2 Å². The van der Waals surface area contributed by atoms with Crippen LogP contribution in [-0.2, 0) is 6.54 Å². The maximum absolute atomic E-state index is 4.40. The minimum atomic E-state index is 0.699. The number of aromatic nitrogens is 3. The van der Waals surface area contributed by atoms with E-state index in [0.29, 0.717) is 6.54 Å². The molecule has 0 saturated carbocycles. The minimum Gasteiger partial charge on any atom is -0.365 e. The van der Waals surface area contributed by atoms with Crippen molar-refractivity contribution in [2.24, 2.45) is 0 Å². The number of nitrogens with one attached hydrogen (secondary N) is 1. The lowest BCUT2D eigenvalue weighted by molar-refractivity contribution is 1.04. The second kappa shape index (κ2) is 5.42. The van der Waals surface area contributed by atoms with Gasteiger partial charge in [0, 0.05) is 26.8 Å². The smallest absolute Gasteiger partial charge is 0.147 e. The first-order chi connectivity index (χ1) is 9.74. The largest absolute Gasteiger partial charge is 0.365 e. The molecule has 20 heavy (non-hydrogen) atoms. The fourth-order valence-electron chi connectivity index (χ4n) is 1.89. The molecule has 0 aromatic carbocycles. The Morgan fingerprint density at radius 2 is 2.05 bits per heavy atom. The van der Waals surface area contributed by atoms with Crippen LogP contribution in [0.1, 0.15) is 5.56 Å². The van der Waals surface area contributed by atoms with Gasteiger partial charge in [-0.15, -0.1) is 11.3 Å². The number of hydrogen-bond acceptors (Lipinski definition) is 6. The summed E-state index contributed by atoms with van der Waals surface area (Å²) in [5.74, 6) is 1.83. The summed E-state index contributed by atoms with van der Waals surface area (Å²) in [6, 6.07) is 6.08. The maximum atomic E-state index is 4.40. The highest BCUT2D eigenvalue weighted by atomic mass is 32.1. The molecule has 5 nitrogen and oxygen atoms in total. The third-order valence-electron chi connectivity index (χ3n) is 2.97. The molecule has 0 aliphatic rings. The first kappa shape index (κ1) is 12.8. The molecule has 3 aromatic heterocycles. The molecule has 0 saturated heterocycles. The Morgan fingerprint density at radius 3 is 2.80 bits per heavy atom. The van der Waals surface area contributed by atoms with Crippen LogP contribution in [0.15, 0.2) is 36.1 Å². The summed E-state index contributed by atoms with van der Waals surface area (Å²) in [5.41, 5.74) is 2.10. The maximum Gasteiger partial charge on any atom is 0.147 e. The van der Waals surface area contributed by atoms with E-state index in [-0.39, 0.29) is 0 Å². The number of hydrogen-bond donors (Lipinski definition) is 1. The van der Waals surface area contributed by atoms with Crippen molar-refractivity contribution in [1.82, 2.24) is 15.0 Å². The Morgan fingerprint density at radius 1 is 1.15 bits per heavy atom. The van der Waals surface area contributed by atoms with Gasteiger partial charge in [-0.25, -0.2) is 15.0 Å². The van der Waals surface area contributed by atoms with Gasteiger partial charge in [-0.1, -0.05) is 6.07 Å². The molecule has 6 heteroatoms.